The van der Waals surface area contributed by atoms with Crippen molar-refractivity contribution < 1.29 is 8.42 Å². The number of halogens is 1. The van der Waals surface area contributed by atoms with Crippen molar-refractivity contribution in [1.29, 1.82) is 0 Å². The summed E-state index contributed by atoms with van der Waals surface area (Å²) in [4.78, 5) is 0.0687. The average molecular weight is 329 g/mol. The van der Waals surface area contributed by atoms with E-state index in [1.54, 1.807) is 6.07 Å². The second kappa shape index (κ2) is 5.45. The molecule has 116 valence electrons. The van der Waals surface area contributed by atoms with Crippen molar-refractivity contribution in [2.45, 2.75) is 43.5 Å². The average Bonchev–Trinajstić information content (AvgIpc) is 3.03. The van der Waals surface area contributed by atoms with E-state index in [-0.39, 0.29) is 16.0 Å². The molecule has 3 N–H and O–H groups in total. The fraction of sp³-hybridized carbons (Fsp3) is 0.600. The first-order chi connectivity index (χ1) is 9.87. The van der Waals surface area contributed by atoms with E-state index in [1.165, 1.54) is 31.4 Å². The number of anilines is 1. The molecule has 3 rings (SSSR count). The lowest BCUT2D eigenvalue weighted by atomic mass is 9.84. The molecule has 2 aliphatic carbocycles. The number of sulfonamides is 1. The van der Waals surface area contributed by atoms with Crippen LogP contribution in [0.5, 0.6) is 0 Å². The lowest BCUT2D eigenvalue weighted by Gasteiger charge is -2.28. The summed E-state index contributed by atoms with van der Waals surface area (Å²) < 4.78 is 27.9. The smallest absolute Gasteiger partial charge is 0.242 e. The molecule has 21 heavy (non-hydrogen) atoms. The van der Waals surface area contributed by atoms with E-state index in [9.17, 15) is 8.42 Å². The molecule has 2 saturated carbocycles. The van der Waals surface area contributed by atoms with Gasteiger partial charge in [0.25, 0.3) is 0 Å². The molecule has 1 aromatic carbocycles. The fourth-order valence-electron chi connectivity index (χ4n) is 4.03. The Labute approximate surface area is 131 Å². The van der Waals surface area contributed by atoms with Crippen LogP contribution in [0, 0.1) is 17.8 Å². The molecule has 2 bridgehead atoms. The largest absolute Gasteiger partial charge is 0.399 e. The highest BCUT2D eigenvalue weighted by molar-refractivity contribution is 7.89. The summed E-state index contributed by atoms with van der Waals surface area (Å²) in [6.45, 7) is 1.96. The quantitative estimate of drug-likeness (QED) is 0.834. The standard InChI is InChI=1S/C15H21ClN2O2S/c1-9(13-7-10-2-3-11(13)6-10)18-21(19,20)15-8-12(17)4-5-14(15)16/h4-5,8-11,13,18H,2-3,6-7,17H2,1H3. The van der Waals surface area contributed by atoms with Gasteiger partial charge in [-0.05, 0) is 62.1 Å². The van der Waals surface area contributed by atoms with Gasteiger partial charge in [-0.2, -0.15) is 0 Å². The summed E-state index contributed by atoms with van der Waals surface area (Å²) in [5.74, 6) is 1.91. The first-order valence-electron chi connectivity index (χ1n) is 7.44. The number of rotatable bonds is 4. The maximum Gasteiger partial charge on any atom is 0.242 e. The third kappa shape index (κ3) is 2.91. The zero-order valence-corrected chi connectivity index (χ0v) is 13.6. The van der Waals surface area contributed by atoms with Crippen molar-refractivity contribution in [3.8, 4) is 0 Å². The fourth-order valence-corrected chi connectivity index (χ4v) is 5.86. The minimum atomic E-state index is -3.63. The van der Waals surface area contributed by atoms with Crippen molar-refractivity contribution in [1.82, 2.24) is 4.72 Å². The summed E-state index contributed by atoms with van der Waals surface area (Å²) in [6, 6.07) is 4.47. The third-order valence-corrected chi connectivity index (χ3v) is 7.06. The van der Waals surface area contributed by atoms with Crippen LogP contribution in [0.1, 0.15) is 32.6 Å². The molecule has 0 amide bonds. The molecule has 1 aromatic rings. The van der Waals surface area contributed by atoms with E-state index in [0.29, 0.717) is 17.5 Å². The zero-order valence-electron chi connectivity index (χ0n) is 12.0. The molecule has 0 heterocycles. The summed E-state index contributed by atoms with van der Waals surface area (Å²) in [7, 11) is -3.63. The first-order valence-corrected chi connectivity index (χ1v) is 9.30. The van der Waals surface area contributed by atoms with E-state index in [0.717, 1.165) is 12.3 Å². The van der Waals surface area contributed by atoms with Crippen LogP contribution in [-0.2, 0) is 10.0 Å². The van der Waals surface area contributed by atoms with Crippen molar-refractivity contribution >= 4 is 27.3 Å². The van der Waals surface area contributed by atoms with Gasteiger partial charge in [-0.3, -0.25) is 0 Å². The minimum Gasteiger partial charge on any atom is -0.399 e. The van der Waals surface area contributed by atoms with Crippen molar-refractivity contribution in [2.24, 2.45) is 17.8 Å². The topological polar surface area (TPSA) is 72.2 Å². The third-order valence-electron chi connectivity index (χ3n) is 5.02. The number of fused-ring (bicyclic) bond motifs is 2. The van der Waals surface area contributed by atoms with E-state index in [1.807, 2.05) is 6.92 Å². The molecule has 4 atom stereocenters. The van der Waals surface area contributed by atoms with Crippen LogP contribution in [0.25, 0.3) is 0 Å². The van der Waals surface area contributed by atoms with E-state index in [2.05, 4.69) is 4.72 Å². The van der Waals surface area contributed by atoms with Gasteiger partial charge < -0.3 is 5.73 Å². The predicted molar refractivity (Wildman–Crippen MR) is 84.6 cm³/mol. The van der Waals surface area contributed by atoms with Gasteiger partial charge in [0.1, 0.15) is 4.90 Å². The monoisotopic (exact) mass is 328 g/mol. The summed E-state index contributed by atoms with van der Waals surface area (Å²) in [5, 5.41) is 0.205. The Hall–Kier alpha value is -0.780. The molecule has 0 aliphatic heterocycles. The van der Waals surface area contributed by atoms with Crippen LogP contribution >= 0.6 is 11.6 Å². The van der Waals surface area contributed by atoms with Gasteiger partial charge in [0, 0.05) is 11.7 Å². The molecule has 4 unspecified atom stereocenters. The summed E-state index contributed by atoms with van der Waals surface area (Å²) >= 11 is 6.01. The van der Waals surface area contributed by atoms with Crippen molar-refractivity contribution in [3.63, 3.8) is 0 Å². The highest BCUT2D eigenvalue weighted by Crippen LogP contribution is 2.49. The Morgan fingerprint density at radius 3 is 2.71 bits per heavy atom. The second-order valence-electron chi connectivity index (χ2n) is 6.44. The molecule has 2 fully saturated rings. The molecule has 0 aromatic heterocycles. The lowest BCUT2D eigenvalue weighted by molar-refractivity contribution is 0.280. The van der Waals surface area contributed by atoms with Crippen LogP contribution < -0.4 is 10.5 Å². The van der Waals surface area contributed by atoms with Crippen LogP contribution in [0.4, 0.5) is 5.69 Å². The van der Waals surface area contributed by atoms with Crippen LogP contribution in [0.3, 0.4) is 0 Å². The minimum absolute atomic E-state index is 0.0669. The summed E-state index contributed by atoms with van der Waals surface area (Å²) in [5.41, 5.74) is 6.07. The molecule has 2 aliphatic rings. The van der Waals surface area contributed by atoms with Crippen molar-refractivity contribution in [3.05, 3.63) is 23.2 Å². The Bertz CT molecular complexity index is 647. The first kappa shape index (κ1) is 15.1. The molecular weight excluding hydrogens is 308 g/mol. The van der Waals surface area contributed by atoms with Gasteiger partial charge in [0.05, 0.1) is 5.02 Å². The zero-order chi connectivity index (χ0) is 15.2. The van der Waals surface area contributed by atoms with Gasteiger partial charge in [0.15, 0.2) is 0 Å². The number of nitrogens with two attached hydrogens (primary N) is 1. The maximum absolute atomic E-state index is 12.5. The molecule has 4 nitrogen and oxygen atoms in total. The number of nitrogen functional groups attached to an aromatic ring is 1. The second-order valence-corrected chi connectivity index (χ2v) is 8.53. The number of hydrogen-bond donors (Lipinski definition) is 2. The molecule has 6 heteroatoms. The number of nitrogens with one attached hydrogen (secondary N) is 1. The van der Waals surface area contributed by atoms with Gasteiger partial charge >= 0.3 is 0 Å². The van der Waals surface area contributed by atoms with Gasteiger partial charge in [-0.15, -0.1) is 0 Å². The van der Waals surface area contributed by atoms with Crippen LogP contribution in [0.15, 0.2) is 23.1 Å². The van der Waals surface area contributed by atoms with E-state index >= 15 is 0 Å². The Morgan fingerprint density at radius 1 is 1.33 bits per heavy atom. The van der Waals surface area contributed by atoms with Crippen molar-refractivity contribution in [2.75, 3.05) is 5.73 Å². The lowest BCUT2D eigenvalue weighted by Crippen LogP contribution is -2.40. The summed E-state index contributed by atoms with van der Waals surface area (Å²) in [6.07, 6.45) is 4.94. The molecule has 0 spiro atoms. The SMILES string of the molecule is CC(NS(=O)(=O)c1cc(N)ccc1Cl)C1CC2CCC1C2. The highest BCUT2D eigenvalue weighted by Gasteiger charge is 2.42. The molecular formula is C15H21ClN2O2S. The number of hydrogen-bond acceptors (Lipinski definition) is 3. The molecule has 0 saturated heterocycles. The highest BCUT2D eigenvalue weighted by atomic mass is 35.5. The number of benzene rings is 1. The van der Waals surface area contributed by atoms with Gasteiger partial charge in [0.2, 0.25) is 10.0 Å². The van der Waals surface area contributed by atoms with Gasteiger partial charge in [-0.25, -0.2) is 13.1 Å². The van der Waals surface area contributed by atoms with Gasteiger partial charge in [-0.1, -0.05) is 18.0 Å². The Morgan fingerprint density at radius 2 is 2.10 bits per heavy atom. The van der Waals surface area contributed by atoms with Crippen LogP contribution in [0.2, 0.25) is 5.02 Å². The predicted octanol–water partition coefficient (Wildman–Crippen LogP) is 3.03. The molecule has 0 radical (unpaired) electrons. The maximum atomic E-state index is 12.5. The van der Waals surface area contributed by atoms with E-state index in [4.69, 9.17) is 17.3 Å². The Kier molecular flexibility index (Phi) is 3.93. The van der Waals surface area contributed by atoms with E-state index < -0.39 is 10.0 Å². The van der Waals surface area contributed by atoms with Crippen LogP contribution in [-0.4, -0.2) is 14.5 Å². The normalized spacial score (nSPS) is 29.7. The Balaban J connectivity index is 1.78.